The van der Waals surface area contributed by atoms with E-state index >= 15 is 0 Å². The predicted molar refractivity (Wildman–Crippen MR) is 82.5 cm³/mol. The molecule has 0 heterocycles. The summed E-state index contributed by atoms with van der Waals surface area (Å²) in [4.78, 5) is 8.27. The summed E-state index contributed by atoms with van der Waals surface area (Å²) in [5.74, 6) is 0.409. The Kier molecular flexibility index (Phi) is 4.53. The van der Waals surface area contributed by atoms with E-state index in [0.29, 0.717) is 0 Å². The molecule has 0 atom stereocenters. The zero-order chi connectivity index (χ0) is 14.6. The molecule has 104 valence electrons. The van der Waals surface area contributed by atoms with Crippen molar-refractivity contribution >= 4 is 17.6 Å². The van der Waals surface area contributed by atoms with Gasteiger partial charge in [0.1, 0.15) is 0 Å². The van der Waals surface area contributed by atoms with Crippen LogP contribution in [0.3, 0.4) is 0 Å². The van der Waals surface area contributed by atoms with E-state index in [4.69, 9.17) is 11.5 Å². The van der Waals surface area contributed by atoms with Crippen molar-refractivity contribution in [2.75, 3.05) is 5.32 Å². The molecule has 0 amide bonds. The second-order valence-corrected chi connectivity index (χ2v) is 5.53. The molecule has 1 rings (SSSR count). The summed E-state index contributed by atoms with van der Waals surface area (Å²) in [6, 6.07) is 6.02. The van der Waals surface area contributed by atoms with E-state index in [1.807, 2.05) is 52.8 Å². The molecular formula is C14H23N5. The lowest BCUT2D eigenvalue weighted by atomic mass is 10.1. The van der Waals surface area contributed by atoms with Crippen LogP contribution in [0.5, 0.6) is 0 Å². The first-order valence-corrected chi connectivity index (χ1v) is 6.22. The van der Waals surface area contributed by atoms with Crippen LogP contribution in [0.1, 0.15) is 31.9 Å². The first-order valence-electron chi connectivity index (χ1n) is 6.22. The summed E-state index contributed by atoms with van der Waals surface area (Å²) >= 11 is 0. The van der Waals surface area contributed by atoms with E-state index in [2.05, 4.69) is 15.3 Å². The van der Waals surface area contributed by atoms with Crippen LogP contribution in [0.15, 0.2) is 28.2 Å². The Morgan fingerprint density at radius 2 is 1.63 bits per heavy atom. The SMILES string of the molecule is Cc1cccc(C)c1N/C(N)=N/C(N)=NC(C)(C)C. The lowest BCUT2D eigenvalue weighted by molar-refractivity contribution is 0.582. The normalized spacial score (nSPS) is 13.5. The molecule has 0 aliphatic heterocycles. The van der Waals surface area contributed by atoms with E-state index < -0.39 is 0 Å². The van der Waals surface area contributed by atoms with Crippen LogP contribution >= 0.6 is 0 Å². The molecule has 0 saturated carbocycles. The van der Waals surface area contributed by atoms with Crippen LogP contribution in [0.2, 0.25) is 0 Å². The van der Waals surface area contributed by atoms with Crippen molar-refractivity contribution in [3.05, 3.63) is 29.3 Å². The molecular weight excluding hydrogens is 238 g/mol. The Labute approximate surface area is 114 Å². The van der Waals surface area contributed by atoms with Gasteiger partial charge in [-0.05, 0) is 45.7 Å². The van der Waals surface area contributed by atoms with Gasteiger partial charge < -0.3 is 16.8 Å². The third-order valence-corrected chi connectivity index (χ3v) is 2.42. The van der Waals surface area contributed by atoms with Gasteiger partial charge in [0.15, 0.2) is 0 Å². The summed E-state index contributed by atoms with van der Waals surface area (Å²) in [6.45, 7) is 9.86. The van der Waals surface area contributed by atoms with Crippen molar-refractivity contribution in [3.8, 4) is 0 Å². The lowest BCUT2D eigenvalue weighted by Gasteiger charge is -2.13. The number of nitrogens with one attached hydrogen (secondary N) is 1. The summed E-state index contributed by atoms with van der Waals surface area (Å²) in [5.41, 5.74) is 14.5. The molecule has 5 N–H and O–H groups in total. The van der Waals surface area contributed by atoms with Crippen molar-refractivity contribution in [1.82, 2.24) is 0 Å². The molecule has 0 fully saturated rings. The number of anilines is 1. The standard InChI is InChI=1S/C14H23N5/c1-9-7-6-8-10(2)11(9)17-12(15)18-13(16)19-14(3,4)5/h6-8H,1-5H3,(H5,15,16,17,18,19). The van der Waals surface area contributed by atoms with Gasteiger partial charge in [0.05, 0.1) is 5.54 Å². The van der Waals surface area contributed by atoms with Gasteiger partial charge >= 0.3 is 0 Å². The van der Waals surface area contributed by atoms with E-state index in [1.54, 1.807) is 0 Å². The van der Waals surface area contributed by atoms with Gasteiger partial charge in [0.25, 0.3) is 0 Å². The number of nitrogens with zero attached hydrogens (tertiary/aromatic N) is 2. The van der Waals surface area contributed by atoms with Gasteiger partial charge in [0.2, 0.25) is 11.9 Å². The van der Waals surface area contributed by atoms with Gasteiger partial charge in [-0.25, -0.2) is 4.99 Å². The molecule has 1 aromatic carbocycles. The molecule has 5 heteroatoms. The number of hydrogen-bond acceptors (Lipinski definition) is 1. The molecule has 0 aliphatic carbocycles. The highest BCUT2D eigenvalue weighted by Gasteiger charge is 2.08. The zero-order valence-electron chi connectivity index (χ0n) is 12.3. The van der Waals surface area contributed by atoms with Crippen LogP contribution < -0.4 is 16.8 Å². The number of aliphatic imine (C=N–C) groups is 2. The van der Waals surface area contributed by atoms with Gasteiger partial charge in [-0.15, -0.1) is 0 Å². The number of rotatable bonds is 1. The Balaban J connectivity index is 2.91. The molecule has 0 aromatic heterocycles. The minimum Gasteiger partial charge on any atom is -0.369 e. The third-order valence-electron chi connectivity index (χ3n) is 2.42. The average molecular weight is 261 g/mol. The highest BCUT2D eigenvalue weighted by atomic mass is 15.2. The fraction of sp³-hybridized carbons (Fsp3) is 0.429. The Hall–Kier alpha value is -2.04. The molecule has 0 unspecified atom stereocenters. The molecule has 1 aromatic rings. The van der Waals surface area contributed by atoms with Crippen LogP contribution in [0.4, 0.5) is 5.69 Å². The molecule has 0 aliphatic rings. The molecule has 0 spiro atoms. The van der Waals surface area contributed by atoms with Crippen LogP contribution in [-0.2, 0) is 0 Å². The maximum atomic E-state index is 5.84. The summed E-state index contributed by atoms with van der Waals surface area (Å²) in [6.07, 6.45) is 0. The van der Waals surface area contributed by atoms with Crippen molar-refractivity contribution in [1.29, 1.82) is 0 Å². The van der Waals surface area contributed by atoms with Crippen molar-refractivity contribution in [2.24, 2.45) is 21.5 Å². The molecule has 5 nitrogen and oxygen atoms in total. The van der Waals surface area contributed by atoms with Gasteiger partial charge in [0, 0.05) is 5.69 Å². The summed E-state index contributed by atoms with van der Waals surface area (Å²) < 4.78 is 0. The Morgan fingerprint density at radius 1 is 1.11 bits per heavy atom. The number of nitrogens with two attached hydrogens (primary N) is 2. The Morgan fingerprint density at radius 3 is 2.11 bits per heavy atom. The predicted octanol–water partition coefficient (Wildman–Crippen LogP) is 2.14. The highest BCUT2D eigenvalue weighted by molar-refractivity contribution is 6.01. The molecule has 0 radical (unpaired) electrons. The molecule has 19 heavy (non-hydrogen) atoms. The maximum Gasteiger partial charge on any atom is 0.219 e. The first kappa shape index (κ1) is 15.0. The minimum absolute atomic E-state index is 0.170. The minimum atomic E-state index is -0.271. The van der Waals surface area contributed by atoms with Crippen LogP contribution in [-0.4, -0.2) is 17.5 Å². The first-order chi connectivity index (χ1) is 8.69. The summed E-state index contributed by atoms with van der Waals surface area (Å²) in [5, 5.41) is 3.06. The fourth-order valence-corrected chi connectivity index (χ4v) is 1.66. The van der Waals surface area contributed by atoms with E-state index in [9.17, 15) is 0 Å². The maximum absolute atomic E-state index is 5.84. The Bertz CT molecular complexity index is 489. The van der Waals surface area contributed by atoms with Crippen molar-refractivity contribution in [3.63, 3.8) is 0 Å². The smallest absolute Gasteiger partial charge is 0.219 e. The van der Waals surface area contributed by atoms with Crippen LogP contribution in [0, 0.1) is 13.8 Å². The number of hydrogen-bond donors (Lipinski definition) is 3. The van der Waals surface area contributed by atoms with Gasteiger partial charge in [-0.2, -0.15) is 4.99 Å². The number of para-hydroxylation sites is 1. The van der Waals surface area contributed by atoms with Crippen LogP contribution in [0.25, 0.3) is 0 Å². The fourth-order valence-electron chi connectivity index (χ4n) is 1.66. The van der Waals surface area contributed by atoms with E-state index in [1.165, 1.54) is 0 Å². The molecule has 0 saturated heterocycles. The third kappa shape index (κ3) is 4.99. The number of aryl methyl sites for hydroxylation is 2. The van der Waals surface area contributed by atoms with Gasteiger partial charge in [-0.3, -0.25) is 0 Å². The number of guanidine groups is 2. The zero-order valence-corrected chi connectivity index (χ0v) is 12.3. The average Bonchev–Trinajstić information content (AvgIpc) is 2.20. The number of benzene rings is 1. The summed E-state index contributed by atoms with van der Waals surface area (Å²) in [7, 11) is 0. The largest absolute Gasteiger partial charge is 0.369 e. The molecule has 0 bridgehead atoms. The topological polar surface area (TPSA) is 88.8 Å². The second kappa shape index (κ2) is 5.73. The monoisotopic (exact) mass is 261 g/mol. The van der Waals surface area contributed by atoms with E-state index in [0.717, 1.165) is 16.8 Å². The van der Waals surface area contributed by atoms with Crippen molar-refractivity contribution in [2.45, 2.75) is 40.2 Å². The van der Waals surface area contributed by atoms with Gasteiger partial charge in [-0.1, -0.05) is 18.2 Å². The van der Waals surface area contributed by atoms with Crippen molar-refractivity contribution < 1.29 is 0 Å². The second-order valence-electron chi connectivity index (χ2n) is 5.53. The quantitative estimate of drug-likeness (QED) is 0.534. The van der Waals surface area contributed by atoms with E-state index in [-0.39, 0.29) is 17.5 Å². The lowest BCUT2D eigenvalue weighted by Crippen LogP contribution is -2.28. The highest BCUT2D eigenvalue weighted by Crippen LogP contribution is 2.18.